The van der Waals surface area contributed by atoms with Gasteiger partial charge in [0.25, 0.3) is 0 Å². The Balaban J connectivity index is 1.62. The molecule has 0 saturated carbocycles. The third-order valence-corrected chi connectivity index (χ3v) is 7.54. The topological polar surface area (TPSA) is 98.1 Å². The summed E-state index contributed by atoms with van der Waals surface area (Å²) in [6, 6.07) is 15.2. The van der Waals surface area contributed by atoms with E-state index >= 15 is 0 Å². The maximum Gasteiger partial charge on any atom is 0.243 e. The lowest BCUT2D eigenvalue weighted by molar-refractivity contribution is -0.116. The monoisotopic (exact) mass is 484 g/mol. The molecule has 1 N–H and O–H groups in total. The second kappa shape index (κ2) is 10.8. The number of hydrogen-bond acceptors (Lipinski definition) is 6. The summed E-state index contributed by atoms with van der Waals surface area (Å²) in [7, 11) is -2.15. The van der Waals surface area contributed by atoms with Gasteiger partial charge in [0.1, 0.15) is 5.76 Å². The zero-order valence-corrected chi connectivity index (χ0v) is 19.8. The minimum atomic E-state index is -3.68. The van der Waals surface area contributed by atoms with Crippen LogP contribution in [-0.2, 0) is 21.2 Å². The van der Waals surface area contributed by atoms with Crippen molar-refractivity contribution in [1.29, 1.82) is 0 Å². The average Bonchev–Trinajstić information content (AvgIpc) is 3.38. The molecule has 0 bridgehead atoms. The number of para-hydroxylation sites is 2. The Labute approximate surface area is 199 Å². The minimum absolute atomic E-state index is 0.114. The van der Waals surface area contributed by atoms with Gasteiger partial charge < -0.3 is 19.2 Å². The quantitative estimate of drug-likeness (QED) is 0.467. The molecule has 3 aromatic rings. The number of nitrogens with zero attached hydrogens (tertiary/aromatic N) is 1. The van der Waals surface area contributed by atoms with Crippen molar-refractivity contribution in [2.24, 2.45) is 0 Å². The van der Waals surface area contributed by atoms with Crippen molar-refractivity contribution in [3.05, 3.63) is 66.6 Å². The summed E-state index contributed by atoms with van der Waals surface area (Å²) in [4.78, 5) is 12.8. The van der Waals surface area contributed by atoms with E-state index in [1.54, 1.807) is 42.7 Å². The molecular formula is C25H28N2O6S. The molecule has 0 radical (unpaired) electrons. The summed E-state index contributed by atoms with van der Waals surface area (Å²) in [5, 5.41) is 2.82. The minimum Gasteiger partial charge on any atom is -0.493 e. The molecule has 2 heterocycles. The average molecular weight is 485 g/mol. The molecule has 9 heteroatoms. The molecule has 1 amide bonds. The van der Waals surface area contributed by atoms with E-state index in [2.05, 4.69) is 5.32 Å². The second-order valence-electron chi connectivity index (χ2n) is 8.00. The third kappa shape index (κ3) is 5.60. The Morgan fingerprint density at radius 2 is 1.76 bits per heavy atom. The van der Waals surface area contributed by atoms with Crippen molar-refractivity contribution < 1.29 is 27.1 Å². The molecule has 1 aromatic heterocycles. The number of anilines is 1. The van der Waals surface area contributed by atoms with E-state index in [1.807, 2.05) is 6.07 Å². The molecule has 1 aliphatic heterocycles. The smallest absolute Gasteiger partial charge is 0.243 e. The van der Waals surface area contributed by atoms with Crippen LogP contribution in [0, 0.1) is 0 Å². The lowest BCUT2D eigenvalue weighted by Crippen LogP contribution is -2.35. The number of furan rings is 1. The van der Waals surface area contributed by atoms with Crippen LogP contribution >= 0.6 is 0 Å². The van der Waals surface area contributed by atoms with Crippen molar-refractivity contribution >= 4 is 21.6 Å². The van der Waals surface area contributed by atoms with Crippen LogP contribution < -0.4 is 14.8 Å². The molecule has 0 spiro atoms. The van der Waals surface area contributed by atoms with Gasteiger partial charge in [0, 0.05) is 25.9 Å². The van der Waals surface area contributed by atoms with Crippen LogP contribution in [0.2, 0.25) is 0 Å². The van der Waals surface area contributed by atoms with Crippen molar-refractivity contribution in [2.75, 3.05) is 25.5 Å². The summed E-state index contributed by atoms with van der Waals surface area (Å²) in [6.45, 7) is 0.985. The van der Waals surface area contributed by atoms with Gasteiger partial charge in [0.05, 0.1) is 24.0 Å². The Hall–Kier alpha value is -3.30. The van der Waals surface area contributed by atoms with Crippen molar-refractivity contribution in [2.45, 2.75) is 37.0 Å². The molecule has 4 rings (SSSR count). The molecule has 0 atom stereocenters. The van der Waals surface area contributed by atoms with Crippen LogP contribution in [0.5, 0.6) is 17.2 Å². The zero-order chi connectivity index (χ0) is 24.0. The first-order chi connectivity index (χ1) is 16.5. The van der Waals surface area contributed by atoms with Gasteiger partial charge in [-0.05, 0) is 55.3 Å². The third-order valence-electron chi connectivity index (χ3n) is 5.65. The first kappa shape index (κ1) is 23.8. The van der Waals surface area contributed by atoms with Gasteiger partial charge in [-0.1, -0.05) is 18.6 Å². The SMILES string of the molecule is COc1ccccc1Oc1ccc(S(=O)(=O)N2CCCCC2)cc1NC(=O)CCc1ccco1. The molecule has 1 aliphatic rings. The number of sulfonamides is 1. The van der Waals surface area contributed by atoms with Gasteiger partial charge in [-0.25, -0.2) is 8.42 Å². The van der Waals surface area contributed by atoms with E-state index in [9.17, 15) is 13.2 Å². The van der Waals surface area contributed by atoms with Crippen LogP contribution in [0.3, 0.4) is 0 Å². The number of aryl methyl sites for hydroxylation is 1. The number of piperidine rings is 1. The molecule has 1 saturated heterocycles. The number of carbonyl (C=O) groups is 1. The Kier molecular flexibility index (Phi) is 7.54. The van der Waals surface area contributed by atoms with E-state index < -0.39 is 10.0 Å². The predicted octanol–water partition coefficient (Wildman–Crippen LogP) is 4.83. The Morgan fingerprint density at radius 3 is 2.47 bits per heavy atom. The zero-order valence-electron chi connectivity index (χ0n) is 19.0. The number of amides is 1. The number of benzene rings is 2. The first-order valence-electron chi connectivity index (χ1n) is 11.2. The van der Waals surface area contributed by atoms with E-state index in [-0.39, 0.29) is 22.9 Å². The number of rotatable bonds is 9. The number of methoxy groups -OCH3 is 1. The van der Waals surface area contributed by atoms with Gasteiger partial charge in [-0.15, -0.1) is 0 Å². The number of ether oxygens (including phenoxy) is 2. The highest BCUT2D eigenvalue weighted by Gasteiger charge is 2.27. The van der Waals surface area contributed by atoms with E-state index in [0.29, 0.717) is 42.5 Å². The van der Waals surface area contributed by atoms with Crippen molar-refractivity contribution in [3.63, 3.8) is 0 Å². The normalized spacial score (nSPS) is 14.5. The largest absolute Gasteiger partial charge is 0.493 e. The standard InChI is InChI=1S/C25H28N2O6S/c1-31-23-9-3-4-10-24(23)33-22-13-12-20(34(29,30)27-15-5-2-6-16-27)18-21(22)26-25(28)14-11-19-8-7-17-32-19/h3-4,7-10,12-13,17-18H,2,5-6,11,14-16H2,1H3,(H,26,28). The highest BCUT2D eigenvalue weighted by molar-refractivity contribution is 7.89. The summed E-state index contributed by atoms with van der Waals surface area (Å²) < 4.78 is 44.6. The number of hydrogen-bond donors (Lipinski definition) is 1. The molecule has 34 heavy (non-hydrogen) atoms. The van der Waals surface area contributed by atoms with Crippen molar-refractivity contribution in [1.82, 2.24) is 4.31 Å². The van der Waals surface area contributed by atoms with Gasteiger partial charge >= 0.3 is 0 Å². The number of nitrogens with one attached hydrogen (secondary N) is 1. The lowest BCUT2D eigenvalue weighted by Gasteiger charge is -2.26. The van der Waals surface area contributed by atoms with Crippen molar-refractivity contribution in [3.8, 4) is 17.2 Å². The number of carbonyl (C=O) groups excluding carboxylic acids is 1. The van der Waals surface area contributed by atoms with Crippen LogP contribution in [0.4, 0.5) is 5.69 Å². The summed E-state index contributed by atoms with van der Waals surface area (Å²) >= 11 is 0. The van der Waals surface area contributed by atoms with Gasteiger partial charge in [-0.3, -0.25) is 4.79 Å². The fraction of sp³-hybridized carbons (Fsp3) is 0.320. The molecular weight excluding hydrogens is 456 g/mol. The molecule has 0 aliphatic carbocycles. The highest BCUT2D eigenvalue weighted by atomic mass is 32.2. The van der Waals surface area contributed by atoms with Crippen LogP contribution in [0.25, 0.3) is 0 Å². The second-order valence-corrected chi connectivity index (χ2v) is 9.94. The van der Waals surface area contributed by atoms with Crippen LogP contribution in [0.15, 0.2) is 70.2 Å². The van der Waals surface area contributed by atoms with Crippen LogP contribution in [0.1, 0.15) is 31.4 Å². The maximum absolute atomic E-state index is 13.2. The van der Waals surface area contributed by atoms with Gasteiger partial charge in [0.15, 0.2) is 17.2 Å². The van der Waals surface area contributed by atoms with E-state index in [0.717, 1.165) is 19.3 Å². The van der Waals surface area contributed by atoms with Crippen LogP contribution in [-0.4, -0.2) is 38.8 Å². The van der Waals surface area contributed by atoms with E-state index in [1.165, 1.54) is 23.5 Å². The molecule has 8 nitrogen and oxygen atoms in total. The first-order valence-corrected chi connectivity index (χ1v) is 12.7. The fourth-order valence-electron chi connectivity index (χ4n) is 3.84. The predicted molar refractivity (Wildman–Crippen MR) is 128 cm³/mol. The molecule has 1 fully saturated rings. The maximum atomic E-state index is 13.2. The molecule has 0 unspecified atom stereocenters. The van der Waals surface area contributed by atoms with Gasteiger partial charge in [-0.2, -0.15) is 4.31 Å². The highest BCUT2D eigenvalue weighted by Crippen LogP contribution is 2.37. The fourth-order valence-corrected chi connectivity index (χ4v) is 5.38. The summed E-state index contributed by atoms with van der Waals surface area (Å²) in [6.07, 6.45) is 4.85. The molecule has 2 aromatic carbocycles. The Bertz CT molecular complexity index is 1220. The lowest BCUT2D eigenvalue weighted by atomic mass is 10.2. The molecule has 180 valence electrons. The summed E-state index contributed by atoms with van der Waals surface area (Å²) in [5.41, 5.74) is 0.272. The van der Waals surface area contributed by atoms with Gasteiger partial charge in [0.2, 0.25) is 15.9 Å². The Morgan fingerprint density at radius 1 is 1.00 bits per heavy atom. The summed E-state index contributed by atoms with van der Waals surface area (Å²) in [5.74, 6) is 1.69. The van der Waals surface area contributed by atoms with E-state index in [4.69, 9.17) is 13.9 Å².